The van der Waals surface area contributed by atoms with Gasteiger partial charge in [0.2, 0.25) is 0 Å². The minimum atomic E-state index is -3.09. The zero-order valence-electron chi connectivity index (χ0n) is 10.7. The Bertz CT molecular complexity index is 623. The molecule has 1 aliphatic rings. The molecule has 0 spiro atoms. The first-order valence-corrected chi connectivity index (χ1v) is 7.44. The van der Waals surface area contributed by atoms with Crippen molar-refractivity contribution in [1.29, 1.82) is 0 Å². The molecule has 0 saturated carbocycles. The molecule has 0 aliphatic carbocycles. The summed E-state index contributed by atoms with van der Waals surface area (Å²) in [5.41, 5.74) is 0.992. The molecule has 2 heterocycles. The van der Waals surface area contributed by atoms with Gasteiger partial charge in [0.15, 0.2) is 9.84 Å². The van der Waals surface area contributed by atoms with Gasteiger partial charge in [0.05, 0.1) is 11.8 Å². The summed E-state index contributed by atoms with van der Waals surface area (Å²) >= 11 is 0. The number of carbonyl (C=O) groups is 1. The molecule has 0 radical (unpaired) electrons. The predicted molar refractivity (Wildman–Crippen MR) is 72.6 cm³/mol. The average Bonchev–Trinajstić information content (AvgIpc) is 2.68. The molecule has 102 valence electrons. The lowest BCUT2D eigenvalue weighted by Crippen LogP contribution is -2.24. The van der Waals surface area contributed by atoms with Gasteiger partial charge in [-0.15, -0.1) is 0 Å². The first kappa shape index (κ1) is 13.5. The zero-order valence-corrected chi connectivity index (χ0v) is 11.5. The smallest absolute Gasteiger partial charge is 0.272 e. The Morgan fingerprint density at radius 2 is 2.21 bits per heavy atom. The Morgan fingerprint density at radius 3 is 2.79 bits per heavy atom. The number of pyridine rings is 1. The Balaban J connectivity index is 2.12. The van der Waals surface area contributed by atoms with Crippen molar-refractivity contribution in [3.63, 3.8) is 0 Å². The standard InChI is InChI=1S/C12H15N3O3S/c1-15(2)12(16)11-7-9(3-5-13-11)14-10-4-6-19(17,18)8-10/h3-7,10H,8H2,1-2H3,(H,13,14). The number of amides is 1. The fraction of sp³-hybridized carbons (Fsp3) is 0.333. The van der Waals surface area contributed by atoms with Crippen molar-refractivity contribution in [2.75, 3.05) is 25.2 Å². The molecule has 1 aromatic heterocycles. The van der Waals surface area contributed by atoms with Crippen LogP contribution in [0.15, 0.2) is 29.8 Å². The van der Waals surface area contributed by atoms with E-state index >= 15 is 0 Å². The fourth-order valence-electron chi connectivity index (χ4n) is 1.75. The summed E-state index contributed by atoms with van der Waals surface area (Å²) in [7, 11) is 0.209. The van der Waals surface area contributed by atoms with E-state index in [0.717, 1.165) is 0 Å². The number of nitrogens with one attached hydrogen (secondary N) is 1. The van der Waals surface area contributed by atoms with E-state index < -0.39 is 9.84 Å². The van der Waals surface area contributed by atoms with Crippen molar-refractivity contribution in [3.05, 3.63) is 35.5 Å². The van der Waals surface area contributed by atoms with Crippen LogP contribution in [0.5, 0.6) is 0 Å². The SMILES string of the molecule is CN(C)C(=O)c1cc(NC2C=CS(=O)(=O)C2)ccn1. The summed E-state index contributed by atoms with van der Waals surface area (Å²) in [6.45, 7) is 0. The quantitative estimate of drug-likeness (QED) is 0.873. The third-order valence-corrected chi connectivity index (χ3v) is 4.06. The number of rotatable bonds is 3. The van der Waals surface area contributed by atoms with Crippen LogP contribution in [-0.2, 0) is 9.84 Å². The van der Waals surface area contributed by atoms with E-state index in [4.69, 9.17) is 0 Å². The van der Waals surface area contributed by atoms with E-state index in [9.17, 15) is 13.2 Å². The summed E-state index contributed by atoms with van der Waals surface area (Å²) in [4.78, 5) is 17.2. The largest absolute Gasteiger partial charge is 0.378 e. The Kier molecular flexibility index (Phi) is 3.57. The van der Waals surface area contributed by atoms with Gasteiger partial charge >= 0.3 is 0 Å². The van der Waals surface area contributed by atoms with Crippen molar-refractivity contribution in [2.24, 2.45) is 0 Å². The zero-order chi connectivity index (χ0) is 14.0. The van der Waals surface area contributed by atoms with Gasteiger partial charge in [-0.05, 0) is 12.1 Å². The summed E-state index contributed by atoms with van der Waals surface area (Å²) in [6, 6.07) is 3.04. The van der Waals surface area contributed by atoms with Crippen LogP contribution in [0.2, 0.25) is 0 Å². The molecule has 0 bridgehead atoms. The minimum absolute atomic E-state index is 0.0340. The summed E-state index contributed by atoms with van der Waals surface area (Å²) in [5.74, 6) is -0.162. The molecule has 1 unspecified atom stereocenters. The molecule has 1 aliphatic heterocycles. The Morgan fingerprint density at radius 1 is 1.47 bits per heavy atom. The highest BCUT2D eigenvalue weighted by atomic mass is 32.2. The predicted octanol–water partition coefficient (Wildman–Crippen LogP) is 0.506. The van der Waals surface area contributed by atoms with Crippen LogP contribution in [0.3, 0.4) is 0 Å². The second-order valence-electron chi connectivity index (χ2n) is 4.54. The van der Waals surface area contributed by atoms with Gasteiger partial charge in [-0.3, -0.25) is 9.78 Å². The van der Waals surface area contributed by atoms with E-state index in [1.54, 1.807) is 32.3 Å². The maximum Gasteiger partial charge on any atom is 0.272 e. The summed E-state index contributed by atoms with van der Waals surface area (Å²) in [5, 5.41) is 4.26. The van der Waals surface area contributed by atoms with E-state index in [-0.39, 0.29) is 17.7 Å². The van der Waals surface area contributed by atoms with Gasteiger partial charge in [-0.2, -0.15) is 0 Å². The van der Waals surface area contributed by atoms with Crippen LogP contribution < -0.4 is 5.32 Å². The number of anilines is 1. The second kappa shape index (κ2) is 5.00. The lowest BCUT2D eigenvalue weighted by Gasteiger charge is -2.13. The number of hydrogen-bond donors (Lipinski definition) is 1. The molecule has 0 saturated heterocycles. The van der Waals surface area contributed by atoms with Crippen LogP contribution in [0, 0.1) is 0 Å². The molecule has 1 atom stereocenters. The molecule has 6 nitrogen and oxygen atoms in total. The van der Waals surface area contributed by atoms with E-state index in [2.05, 4.69) is 10.3 Å². The van der Waals surface area contributed by atoms with Crippen molar-refractivity contribution < 1.29 is 13.2 Å². The van der Waals surface area contributed by atoms with Crippen LogP contribution in [0.1, 0.15) is 10.5 Å². The lowest BCUT2D eigenvalue weighted by atomic mass is 10.2. The molecule has 2 rings (SSSR count). The Labute approximate surface area is 112 Å². The molecule has 7 heteroatoms. The second-order valence-corrected chi connectivity index (χ2v) is 6.47. The summed E-state index contributed by atoms with van der Waals surface area (Å²) < 4.78 is 22.6. The maximum atomic E-state index is 11.8. The highest BCUT2D eigenvalue weighted by molar-refractivity contribution is 7.94. The van der Waals surface area contributed by atoms with Gasteiger partial charge in [0.25, 0.3) is 5.91 Å². The molecular formula is C12H15N3O3S. The maximum absolute atomic E-state index is 11.8. The highest BCUT2D eigenvalue weighted by Crippen LogP contribution is 2.15. The monoisotopic (exact) mass is 281 g/mol. The van der Waals surface area contributed by atoms with Crippen LogP contribution >= 0.6 is 0 Å². The van der Waals surface area contributed by atoms with E-state index in [1.807, 2.05) is 0 Å². The molecule has 1 aromatic rings. The molecule has 1 N–H and O–H groups in total. The highest BCUT2D eigenvalue weighted by Gasteiger charge is 2.21. The number of carbonyl (C=O) groups excluding carboxylic acids is 1. The lowest BCUT2D eigenvalue weighted by molar-refractivity contribution is 0.0822. The van der Waals surface area contributed by atoms with Gasteiger partial charge in [0, 0.05) is 31.4 Å². The van der Waals surface area contributed by atoms with Crippen LogP contribution in [-0.4, -0.2) is 50.1 Å². The molecule has 19 heavy (non-hydrogen) atoms. The number of nitrogens with zero attached hydrogens (tertiary/aromatic N) is 2. The van der Waals surface area contributed by atoms with Crippen LogP contribution in [0.25, 0.3) is 0 Å². The normalized spacial score (nSPS) is 20.2. The van der Waals surface area contributed by atoms with Crippen molar-refractivity contribution in [1.82, 2.24) is 9.88 Å². The molecular weight excluding hydrogens is 266 g/mol. The van der Waals surface area contributed by atoms with Gasteiger partial charge < -0.3 is 10.2 Å². The summed E-state index contributed by atoms with van der Waals surface area (Å²) in [6.07, 6.45) is 3.12. The van der Waals surface area contributed by atoms with Gasteiger partial charge in [0.1, 0.15) is 5.69 Å². The number of sulfone groups is 1. The molecule has 0 aromatic carbocycles. The topological polar surface area (TPSA) is 79.4 Å². The van der Waals surface area contributed by atoms with Gasteiger partial charge in [-0.1, -0.05) is 6.08 Å². The third kappa shape index (κ3) is 3.31. The average molecular weight is 281 g/mol. The molecule has 0 fully saturated rings. The number of hydrogen-bond acceptors (Lipinski definition) is 5. The van der Waals surface area contributed by atoms with Crippen LogP contribution in [0.4, 0.5) is 5.69 Å². The Hall–Kier alpha value is -1.89. The first-order chi connectivity index (χ1) is 8.87. The van der Waals surface area contributed by atoms with E-state index in [0.29, 0.717) is 11.4 Å². The molecule has 1 amide bonds. The minimum Gasteiger partial charge on any atom is -0.378 e. The fourth-order valence-corrected chi connectivity index (χ4v) is 2.98. The third-order valence-electron chi connectivity index (χ3n) is 2.67. The van der Waals surface area contributed by atoms with E-state index in [1.165, 1.54) is 16.5 Å². The van der Waals surface area contributed by atoms with Crippen molar-refractivity contribution >= 4 is 21.4 Å². The number of aromatic nitrogens is 1. The first-order valence-electron chi connectivity index (χ1n) is 5.72. The van der Waals surface area contributed by atoms with Gasteiger partial charge in [-0.25, -0.2) is 8.42 Å². The van der Waals surface area contributed by atoms with Crippen molar-refractivity contribution in [2.45, 2.75) is 6.04 Å². The van der Waals surface area contributed by atoms with Crippen molar-refractivity contribution in [3.8, 4) is 0 Å².